The largest absolute Gasteiger partial charge is 0.397 e. The van der Waals surface area contributed by atoms with Crippen molar-refractivity contribution in [1.29, 1.82) is 0 Å². The lowest BCUT2D eigenvalue weighted by Crippen LogP contribution is -2.17. The fourth-order valence-corrected chi connectivity index (χ4v) is 1.86. The first-order chi connectivity index (χ1) is 8.38. The summed E-state index contributed by atoms with van der Waals surface area (Å²) in [6.45, 7) is 7.08. The second-order valence-electron chi connectivity index (χ2n) is 5.42. The molecule has 0 unspecified atom stereocenters. The number of tetrazole rings is 1. The zero-order chi connectivity index (χ0) is 13.3. The van der Waals surface area contributed by atoms with Crippen molar-refractivity contribution in [3.8, 4) is 11.4 Å². The van der Waals surface area contributed by atoms with Gasteiger partial charge < -0.3 is 5.73 Å². The van der Waals surface area contributed by atoms with Crippen molar-refractivity contribution in [3.63, 3.8) is 0 Å². The Morgan fingerprint density at radius 2 is 2.06 bits per heavy atom. The van der Waals surface area contributed by atoms with Gasteiger partial charge in [-0.05, 0) is 28.0 Å². The van der Waals surface area contributed by atoms with E-state index in [1.54, 1.807) is 10.7 Å². The minimum atomic E-state index is 0.0808. The number of nitrogen functional groups attached to an aromatic ring is 1. The van der Waals surface area contributed by atoms with Crippen molar-refractivity contribution in [1.82, 2.24) is 20.2 Å². The van der Waals surface area contributed by atoms with Crippen molar-refractivity contribution >= 4 is 17.3 Å². The molecule has 0 amide bonds. The second-order valence-corrected chi connectivity index (χ2v) is 5.83. The Morgan fingerprint density at radius 1 is 1.33 bits per heavy atom. The lowest BCUT2D eigenvalue weighted by atomic mass is 9.97. The molecule has 0 aliphatic carbocycles. The average Bonchev–Trinajstić information content (AvgIpc) is 2.67. The van der Waals surface area contributed by atoms with Crippen molar-refractivity contribution in [2.45, 2.75) is 27.3 Å². The molecule has 2 N–H and O–H groups in total. The van der Waals surface area contributed by atoms with Gasteiger partial charge in [0.05, 0.1) is 10.7 Å². The number of benzene rings is 1. The quantitative estimate of drug-likeness (QED) is 0.848. The topological polar surface area (TPSA) is 69.6 Å². The van der Waals surface area contributed by atoms with E-state index in [2.05, 4.69) is 36.3 Å². The highest BCUT2D eigenvalue weighted by Crippen LogP contribution is 2.30. The first kappa shape index (κ1) is 12.8. The van der Waals surface area contributed by atoms with E-state index in [-0.39, 0.29) is 5.41 Å². The van der Waals surface area contributed by atoms with Crippen molar-refractivity contribution in [2.24, 2.45) is 5.41 Å². The molecule has 2 aromatic rings. The maximum atomic E-state index is 6.01. The van der Waals surface area contributed by atoms with Crippen LogP contribution in [0, 0.1) is 5.41 Å². The van der Waals surface area contributed by atoms with Gasteiger partial charge in [0.1, 0.15) is 0 Å². The van der Waals surface area contributed by atoms with Crippen LogP contribution in [0.3, 0.4) is 0 Å². The summed E-state index contributed by atoms with van der Waals surface area (Å²) >= 11 is 6.01. The molecule has 0 spiro atoms. The van der Waals surface area contributed by atoms with Crippen molar-refractivity contribution in [3.05, 3.63) is 23.2 Å². The van der Waals surface area contributed by atoms with E-state index in [0.29, 0.717) is 23.1 Å². The third-order valence-corrected chi connectivity index (χ3v) is 2.78. The fourth-order valence-electron chi connectivity index (χ4n) is 1.69. The first-order valence-electron chi connectivity index (χ1n) is 5.69. The summed E-state index contributed by atoms with van der Waals surface area (Å²) in [6.07, 6.45) is 0. The van der Waals surface area contributed by atoms with Gasteiger partial charge in [-0.1, -0.05) is 38.4 Å². The number of hydrogen-bond acceptors (Lipinski definition) is 4. The van der Waals surface area contributed by atoms with E-state index in [4.69, 9.17) is 17.3 Å². The maximum absolute atomic E-state index is 6.01. The van der Waals surface area contributed by atoms with E-state index in [9.17, 15) is 0 Å². The summed E-state index contributed by atoms with van der Waals surface area (Å²) < 4.78 is 1.75. The minimum absolute atomic E-state index is 0.0808. The molecule has 0 aliphatic heterocycles. The molecular formula is C12H16ClN5. The molecule has 18 heavy (non-hydrogen) atoms. The van der Waals surface area contributed by atoms with Crippen LogP contribution in [-0.2, 0) is 6.54 Å². The highest BCUT2D eigenvalue weighted by molar-refractivity contribution is 6.33. The van der Waals surface area contributed by atoms with Crippen LogP contribution in [0.5, 0.6) is 0 Å². The molecule has 96 valence electrons. The van der Waals surface area contributed by atoms with E-state index in [0.717, 1.165) is 5.56 Å². The van der Waals surface area contributed by atoms with E-state index < -0.39 is 0 Å². The van der Waals surface area contributed by atoms with Gasteiger partial charge in [-0.2, -0.15) is 0 Å². The second kappa shape index (κ2) is 4.57. The summed E-state index contributed by atoms with van der Waals surface area (Å²) in [6, 6.07) is 5.45. The van der Waals surface area contributed by atoms with Crippen LogP contribution < -0.4 is 5.73 Å². The summed E-state index contributed by atoms with van der Waals surface area (Å²) in [5, 5.41) is 12.3. The van der Waals surface area contributed by atoms with Gasteiger partial charge in [0.25, 0.3) is 0 Å². The molecule has 0 saturated carbocycles. The standard InChI is InChI=1S/C12H16ClN5/c1-12(2,3)7-18-11(15-16-17-18)8-5-4-6-9(13)10(8)14/h4-6H,7,14H2,1-3H3. The molecule has 1 aromatic carbocycles. The van der Waals surface area contributed by atoms with Crippen LogP contribution in [0.25, 0.3) is 11.4 Å². The smallest absolute Gasteiger partial charge is 0.184 e. The van der Waals surface area contributed by atoms with E-state index in [1.165, 1.54) is 0 Å². The van der Waals surface area contributed by atoms with Gasteiger partial charge in [0.2, 0.25) is 0 Å². The fraction of sp³-hybridized carbons (Fsp3) is 0.417. The predicted octanol–water partition coefficient (Wildman–Crippen LogP) is 2.62. The molecule has 0 aliphatic rings. The summed E-state index contributed by atoms with van der Waals surface area (Å²) in [4.78, 5) is 0. The Kier molecular flexibility index (Phi) is 3.26. The van der Waals surface area contributed by atoms with E-state index >= 15 is 0 Å². The molecule has 0 saturated heterocycles. The Bertz CT molecular complexity index is 556. The molecule has 0 bridgehead atoms. The number of para-hydroxylation sites is 1. The third kappa shape index (κ3) is 2.61. The highest BCUT2D eigenvalue weighted by Gasteiger charge is 2.18. The van der Waals surface area contributed by atoms with Crippen LogP contribution in [0.2, 0.25) is 5.02 Å². The average molecular weight is 266 g/mol. The van der Waals surface area contributed by atoms with Gasteiger partial charge in [-0.3, -0.25) is 0 Å². The number of nitrogens with two attached hydrogens (primary N) is 1. The number of rotatable bonds is 2. The maximum Gasteiger partial charge on any atom is 0.184 e. The number of anilines is 1. The van der Waals surface area contributed by atoms with Crippen LogP contribution in [0.15, 0.2) is 18.2 Å². The van der Waals surface area contributed by atoms with Gasteiger partial charge in [-0.15, -0.1) is 5.10 Å². The van der Waals surface area contributed by atoms with Crippen LogP contribution in [0.1, 0.15) is 20.8 Å². The van der Waals surface area contributed by atoms with Crippen LogP contribution in [-0.4, -0.2) is 20.2 Å². The summed E-state index contributed by atoms with van der Waals surface area (Å²) in [7, 11) is 0. The SMILES string of the molecule is CC(C)(C)Cn1nnnc1-c1cccc(Cl)c1N. The zero-order valence-electron chi connectivity index (χ0n) is 10.7. The molecule has 0 atom stereocenters. The van der Waals surface area contributed by atoms with Gasteiger partial charge in [0, 0.05) is 12.1 Å². The molecule has 5 nitrogen and oxygen atoms in total. The molecule has 0 radical (unpaired) electrons. The number of hydrogen-bond donors (Lipinski definition) is 1. The zero-order valence-corrected chi connectivity index (χ0v) is 11.4. The first-order valence-corrected chi connectivity index (χ1v) is 6.07. The molecule has 6 heteroatoms. The molecule has 0 fully saturated rings. The van der Waals surface area contributed by atoms with Crippen LogP contribution >= 0.6 is 11.6 Å². The number of halogens is 1. The van der Waals surface area contributed by atoms with Gasteiger partial charge >= 0.3 is 0 Å². The molecule has 1 heterocycles. The third-order valence-electron chi connectivity index (χ3n) is 2.45. The summed E-state index contributed by atoms with van der Waals surface area (Å²) in [5.74, 6) is 0.643. The normalized spacial score (nSPS) is 11.8. The molecule has 1 aromatic heterocycles. The molecule has 2 rings (SSSR count). The monoisotopic (exact) mass is 265 g/mol. The van der Waals surface area contributed by atoms with Crippen molar-refractivity contribution in [2.75, 3.05) is 5.73 Å². The number of aromatic nitrogens is 4. The molecular weight excluding hydrogens is 250 g/mol. The van der Waals surface area contributed by atoms with Gasteiger partial charge in [0.15, 0.2) is 5.82 Å². The minimum Gasteiger partial charge on any atom is -0.397 e. The highest BCUT2D eigenvalue weighted by atomic mass is 35.5. The number of nitrogens with zero attached hydrogens (tertiary/aromatic N) is 4. The Balaban J connectivity index is 2.46. The van der Waals surface area contributed by atoms with Crippen molar-refractivity contribution < 1.29 is 0 Å². The Hall–Kier alpha value is -1.62. The Morgan fingerprint density at radius 3 is 2.72 bits per heavy atom. The predicted molar refractivity (Wildman–Crippen MR) is 72.1 cm³/mol. The lowest BCUT2D eigenvalue weighted by Gasteiger charge is -2.18. The lowest BCUT2D eigenvalue weighted by molar-refractivity contribution is 0.323. The van der Waals surface area contributed by atoms with E-state index in [1.807, 2.05) is 12.1 Å². The summed E-state index contributed by atoms with van der Waals surface area (Å²) in [5.41, 5.74) is 7.31. The Labute approximate surface area is 111 Å². The van der Waals surface area contributed by atoms with Crippen LogP contribution in [0.4, 0.5) is 5.69 Å². The van der Waals surface area contributed by atoms with Gasteiger partial charge in [-0.25, -0.2) is 4.68 Å².